The number of hydrogen-bond donors (Lipinski definition) is 2. The molecule has 1 aromatic carbocycles. The van der Waals surface area contributed by atoms with E-state index in [-0.39, 0.29) is 11.3 Å². The van der Waals surface area contributed by atoms with Crippen LogP contribution in [0.5, 0.6) is 0 Å². The normalized spacial score (nSPS) is 27.6. The molecule has 2 fully saturated rings. The number of likely N-dealkylation sites (N-methyl/N-ethyl adjacent to an activating group) is 1. The van der Waals surface area contributed by atoms with Gasteiger partial charge in [-0.15, -0.1) is 0 Å². The van der Waals surface area contributed by atoms with Crippen LogP contribution in [0.1, 0.15) is 42.9 Å². The molecule has 1 amide bonds. The van der Waals surface area contributed by atoms with Crippen molar-refractivity contribution in [3.8, 4) is 0 Å². The number of likely N-dealkylation sites (tertiary alicyclic amines) is 1. The highest BCUT2D eigenvalue weighted by Crippen LogP contribution is 2.50. The van der Waals surface area contributed by atoms with E-state index < -0.39 is 0 Å². The molecule has 1 aliphatic carbocycles. The fraction of sp³-hybridized carbons (Fsp3) is 0.667. The molecule has 142 valence electrons. The number of fused-ring (bicyclic) bond motifs is 2. The Morgan fingerprint density at radius 2 is 2.12 bits per heavy atom. The zero-order chi connectivity index (χ0) is 18.0. The van der Waals surface area contributed by atoms with Gasteiger partial charge in [0, 0.05) is 26.2 Å². The minimum Gasteiger partial charge on any atom is -0.381 e. The van der Waals surface area contributed by atoms with Crippen molar-refractivity contribution in [3.63, 3.8) is 0 Å². The van der Waals surface area contributed by atoms with Crippen molar-refractivity contribution < 1.29 is 9.53 Å². The van der Waals surface area contributed by atoms with Crippen LogP contribution >= 0.6 is 0 Å². The minimum atomic E-state index is 0.0528. The summed E-state index contributed by atoms with van der Waals surface area (Å²) in [6.45, 7) is 5.81. The van der Waals surface area contributed by atoms with E-state index in [1.54, 1.807) is 7.05 Å². The Kier molecular flexibility index (Phi) is 5.30. The Balaban J connectivity index is 1.42. The topological polar surface area (TPSA) is 53.6 Å². The second-order valence-corrected chi connectivity index (χ2v) is 8.21. The molecule has 26 heavy (non-hydrogen) atoms. The fourth-order valence-electron chi connectivity index (χ4n) is 5.11. The average Bonchev–Trinajstić information content (AvgIpc) is 3.29. The summed E-state index contributed by atoms with van der Waals surface area (Å²) in [5.74, 6) is 0.777. The van der Waals surface area contributed by atoms with Crippen molar-refractivity contribution in [2.45, 2.75) is 37.1 Å². The van der Waals surface area contributed by atoms with Crippen molar-refractivity contribution in [3.05, 3.63) is 35.4 Å². The van der Waals surface area contributed by atoms with Crippen LogP contribution in [0.3, 0.4) is 0 Å². The molecule has 0 saturated carbocycles. The molecular formula is C21H31N3O2. The molecule has 3 aliphatic rings. The molecule has 2 atom stereocenters. The lowest BCUT2D eigenvalue weighted by molar-refractivity contribution is -0.119. The van der Waals surface area contributed by atoms with Gasteiger partial charge in [-0.05, 0) is 61.2 Å². The number of nitrogens with zero attached hydrogens (tertiary/aromatic N) is 1. The molecule has 2 unspecified atom stereocenters. The summed E-state index contributed by atoms with van der Waals surface area (Å²) in [4.78, 5) is 14.3. The van der Waals surface area contributed by atoms with Gasteiger partial charge in [-0.2, -0.15) is 0 Å². The molecule has 0 radical (unpaired) electrons. The number of amides is 1. The van der Waals surface area contributed by atoms with E-state index >= 15 is 0 Å². The molecule has 4 rings (SSSR count). The van der Waals surface area contributed by atoms with E-state index in [9.17, 15) is 4.79 Å². The van der Waals surface area contributed by atoms with E-state index in [0.717, 1.165) is 25.6 Å². The van der Waals surface area contributed by atoms with E-state index in [1.807, 2.05) is 0 Å². The fourth-order valence-corrected chi connectivity index (χ4v) is 5.11. The van der Waals surface area contributed by atoms with Crippen LogP contribution < -0.4 is 10.6 Å². The van der Waals surface area contributed by atoms with Gasteiger partial charge in [-0.3, -0.25) is 4.79 Å². The second kappa shape index (κ2) is 7.67. The Morgan fingerprint density at radius 1 is 1.31 bits per heavy atom. The van der Waals surface area contributed by atoms with Gasteiger partial charge < -0.3 is 20.3 Å². The molecule has 0 aromatic heterocycles. The van der Waals surface area contributed by atoms with Gasteiger partial charge >= 0.3 is 0 Å². The quantitative estimate of drug-likeness (QED) is 0.844. The predicted molar refractivity (Wildman–Crippen MR) is 102 cm³/mol. The summed E-state index contributed by atoms with van der Waals surface area (Å²) < 4.78 is 5.54. The van der Waals surface area contributed by atoms with Gasteiger partial charge in [0.1, 0.15) is 0 Å². The number of carbonyl (C=O) groups excluding carboxylic acids is 1. The second-order valence-electron chi connectivity index (χ2n) is 8.21. The number of benzene rings is 1. The molecule has 5 heteroatoms. The van der Waals surface area contributed by atoms with E-state index in [1.165, 1.54) is 50.0 Å². The summed E-state index contributed by atoms with van der Waals surface area (Å²) in [6, 6.07) is 9.15. The first kappa shape index (κ1) is 18.0. The molecule has 2 saturated heterocycles. The molecule has 1 spiro atoms. The van der Waals surface area contributed by atoms with E-state index in [0.29, 0.717) is 12.6 Å². The lowest BCUT2D eigenvalue weighted by Gasteiger charge is -2.41. The maximum absolute atomic E-state index is 11.7. The lowest BCUT2D eigenvalue weighted by Crippen LogP contribution is -2.44. The number of rotatable bonds is 5. The number of piperidine rings is 1. The minimum absolute atomic E-state index is 0.0528. The Bertz CT molecular complexity index is 634. The summed E-state index contributed by atoms with van der Waals surface area (Å²) in [6.07, 6.45) is 4.77. The first-order valence-electron chi connectivity index (χ1n) is 10.0. The van der Waals surface area contributed by atoms with Crippen LogP contribution in [0.15, 0.2) is 24.3 Å². The van der Waals surface area contributed by atoms with Crippen molar-refractivity contribution in [2.24, 2.45) is 5.92 Å². The Morgan fingerprint density at radius 3 is 2.85 bits per heavy atom. The highest BCUT2D eigenvalue weighted by Gasteiger charge is 2.45. The predicted octanol–water partition coefficient (Wildman–Crippen LogP) is 1.84. The molecule has 0 bridgehead atoms. The average molecular weight is 357 g/mol. The zero-order valence-electron chi connectivity index (χ0n) is 15.8. The highest BCUT2D eigenvalue weighted by molar-refractivity contribution is 5.77. The van der Waals surface area contributed by atoms with Crippen molar-refractivity contribution >= 4 is 5.91 Å². The smallest absolute Gasteiger partial charge is 0.233 e. The van der Waals surface area contributed by atoms with Crippen molar-refractivity contribution in [1.29, 1.82) is 0 Å². The summed E-state index contributed by atoms with van der Waals surface area (Å²) >= 11 is 0. The number of ether oxygens (including phenoxy) is 1. The Labute approximate surface area is 156 Å². The zero-order valence-corrected chi connectivity index (χ0v) is 15.8. The van der Waals surface area contributed by atoms with Gasteiger partial charge in [0.15, 0.2) is 0 Å². The third-order valence-corrected chi connectivity index (χ3v) is 6.64. The third-order valence-electron chi connectivity index (χ3n) is 6.64. The van der Waals surface area contributed by atoms with E-state index in [2.05, 4.69) is 39.8 Å². The van der Waals surface area contributed by atoms with Crippen LogP contribution in [-0.2, 0) is 14.9 Å². The molecule has 2 aliphatic heterocycles. The molecule has 1 aromatic rings. The van der Waals surface area contributed by atoms with Crippen LogP contribution in [0.4, 0.5) is 0 Å². The summed E-state index contributed by atoms with van der Waals surface area (Å²) in [7, 11) is 1.69. The highest BCUT2D eigenvalue weighted by atomic mass is 16.5. The largest absolute Gasteiger partial charge is 0.381 e. The van der Waals surface area contributed by atoms with Crippen molar-refractivity contribution in [1.82, 2.24) is 15.5 Å². The monoisotopic (exact) mass is 357 g/mol. The Hall–Kier alpha value is -1.43. The van der Waals surface area contributed by atoms with Gasteiger partial charge in [0.2, 0.25) is 5.91 Å². The van der Waals surface area contributed by atoms with Gasteiger partial charge in [0.25, 0.3) is 0 Å². The van der Waals surface area contributed by atoms with Crippen LogP contribution in [0, 0.1) is 5.92 Å². The first-order chi connectivity index (χ1) is 12.7. The van der Waals surface area contributed by atoms with Crippen LogP contribution in [0.25, 0.3) is 0 Å². The lowest BCUT2D eigenvalue weighted by atomic mass is 9.73. The number of carbonyl (C=O) groups is 1. The van der Waals surface area contributed by atoms with Crippen LogP contribution in [-0.4, -0.2) is 57.2 Å². The number of nitrogens with one attached hydrogen (secondary N) is 2. The maximum Gasteiger partial charge on any atom is 0.233 e. The van der Waals surface area contributed by atoms with E-state index in [4.69, 9.17) is 4.74 Å². The first-order valence-corrected chi connectivity index (χ1v) is 10.0. The molecular weight excluding hydrogens is 326 g/mol. The SMILES string of the molecule is CNC(=O)CNC1CC2(CCN(CC3CCOC3)CC2)c2ccccc21. The van der Waals surface area contributed by atoms with Gasteiger partial charge in [-0.25, -0.2) is 0 Å². The molecule has 2 heterocycles. The summed E-state index contributed by atoms with van der Waals surface area (Å²) in [5, 5.41) is 6.19. The van der Waals surface area contributed by atoms with Crippen molar-refractivity contribution in [2.75, 3.05) is 46.4 Å². The molecule has 2 N–H and O–H groups in total. The van der Waals surface area contributed by atoms with Gasteiger partial charge in [-0.1, -0.05) is 24.3 Å². The standard InChI is InChI=1S/C21H31N3O2/c1-22-20(25)13-23-19-12-21(18-5-3-2-4-17(18)19)7-9-24(10-8-21)14-16-6-11-26-15-16/h2-5,16,19,23H,6-15H2,1H3,(H,22,25). The number of hydrogen-bond acceptors (Lipinski definition) is 4. The third kappa shape index (κ3) is 3.53. The molecule has 5 nitrogen and oxygen atoms in total. The summed E-state index contributed by atoms with van der Waals surface area (Å²) in [5.41, 5.74) is 3.19. The maximum atomic E-state index is 11.7. The van der Waals surface area contributed by atoms with Gasteiger partial charge in [0.05, 0.1) is 13.2 Å². The van der Waals surface area contributed by atoms with Crippen LogP contribution in [0.2, 0.25) is 0 Å².